The second-order valence-electron chi connectivity index (χ2n) is 4.68. The Balaban J connectivity index is 2.08. The summed E-state index contributed by atoms with van der Waals surface area (Å²) in [6.45, 7) is 3.64. The first-order chi connectivity index (χ1) is 9.72. The largest absolute Gasteiger partial charge is 0.550 e. The summed E-state index contributed by atoms with van der Waals surface area (Å²) in [5, 5.41) is 10.3. The molecule has 0 aliphatic heterocycles. The minimum atomic E-state index is -0.961. The van der Waals surface area contributed by atoms with Crippen LogP contribution in [0.1, 0.15) is 25.7 Å². The van der Waals surface area contributed by atoms with Crippen molar-refractivity contribution in [1.29, 1.82) is 0 Å². The molecule has 1 rings (SSSR count). The van der Waals surface area contributed by atoms with Crippen molar-refractivity contribution in [1.82, 2.24) is 4.57 Å². The molecule has 0 fully saturated rings. The third-order valence-corrected chi connectivity index (χ3v) is 2.97. The summed E-state index contributed by atoms with van der Waals surface area (Å²) < 4.78 is 14.5. The van der Waals surface area contributed by atoms with Crippen LogP contribution in [-0.4, -0.2) is 37.5 Å². The van der Waals surface area contributed by atoms with Gasteiger partial charge in [-0.15, -0.1) is 0 Å². The topological polar surface area (TPSA) is 67.4 Å². The van der Waals surface area contributed by atoms with Gasteiger partial charge in [0.05, 0.1) is 26.4 Å². The monoisotopic (exact) mass is 284 g/mol. The van der Waals surface area contributed by atoms with E-state index in [1.807, 2.05) is 18.7 Å². The van der Waals surface area contributed by atoms with Crippen LogP contribution in [0, 0.1) is 0 Å². The number of aromatic nitrogens is 2. The summed E-state index contributed by atoms with van der Waals surface area (Å²) in [7, 11) is 1.66. The van der Waals surface area contributed by atoms with Crippen molar-refractivity contribution in [2.24, 2.45) is 0 Å². The number of nitrogens with zero attached hydrogens (tertiary/aromatic N) is 2. The van der Waals surface area contributed by atoms with Crippen molar-refractivity contribution in [3.05, 3.63) is 18.7 Å². The Hall–Kier alpha value is -1.40. The molecular formula is C14H24N2O4. The summed E-state index contributed by atoms with van der Waals surface area (Å²) >= 11 is 0. The van der Waals surface area contributed by atoms with Gasteiger partial charge in [0.2, 0.25) is 6.33 Å². The number of hydrogen-bond acceptors (Lipinski definition) is 4. The van der Waals surface area contributed by atoms with Crippen LogP contribution >= 0.6 is 0 Å². The number of unbranched alkanes of at least 4 members (excludes halogenated alkanes) is 2. The Morgan fingerprint density at radius 2 is 2.10 bits per heavy atom. The van der Waals surface area contributed by atoms with Crippen LogP contribution in [0.4, 0.5) is 0 Å². The highest BCUT2D eigenvalue weighted by atomic mass is 16.5. The second kappa shape index (κ2) is 10.4. The van der Waals surface area contributed by atoms with Crippen LogP contribution in [0.5, 0.6) is 0 Å². The molecule has 114 valence electrons. The number of carbonyl (C=O) groups is 1. The SMILES string of the molecule is COCCOCCn1cc[n+](CCCCCC(=O)[O-])c1. The predicted octanol–water partition coefficient (Wildman–Crippen LogP) is -0.251. The molecule has 0 unspecified atom stereocenters. The Kier molecular flexibility index (Phi) is 8.66. The minimum Gasteiger partial charge on any atom is -0.550 e. The Morgan fingerprint density at radius 1 is 1.25 bits per heavy atom. The zero-order valence-corrected chi connectivity index (χ0v) is 12.1. The van der Waals surface area contributed by atoms with Gasteiger partial charge < -0.3 is 19.4 Å². The molecule has 0 saturated heterocycles. The zero-order valence-electron chi connectivity index (χ0n) is 12.1. The number of carboxylic acids is 1. The number of methoxy groups -OCH3 is 1. The van der Waals surface area contributed by atoms with Crippen molar-refractivity contribution in [3.63, 3.8) is 0 Å². The molecule has 1 heterocycles. The van der Waals surface area contributed by atoms with E-state index in [2.05, 4.69) is 9.13 Å². The number of carbonyl (C=O) groups excluding carboxylic acids is 1. The number of rotatable bonds is 12. The molecule has 0 aliphatic carbocycles. The van der Waals surface area contributed by atoms with Crippen molar-refractivity contribution < 1.29 is 23.9 Å². The summed E-state index contributed by atoms with van der Waals surface area (Å²) in [5.74, 6) is -0.961. The molecule has 0 atom stereocenters. The van der Waals surface area contributed by atoms with Crippen LogP contribution in [-0.2, 0) is 27.4 Å². The maximum absolute atomic E-state index is 10.3. The van der Waals surface area contributed by atoms with Gasteiger partial charge in [0.1, 0.15) is 18.9 Å². The molecule has 0 N–H and O–H groups in total. The van der Waals surface area contributed by atoms with Crippen LogP contribution < -0.4 is 9.67 Å². The zero-order chi connectivity index (χ0) is 14.6. The van der Waals surface area contributed by atoms with Crippen molar-refractivity contribution in [3.8, 4) is 0 Å². The summed E-state index contributed by atoms with van der Waals surface area (Å²) in [6, 6.07) is 0. The highest BCUT2D eigenvalue weighted by Crippen LogP contribution is 1.98. The molecular weight excluding hydrogens is 260 g/mol. The fourth-order valence-electron chi connectivity index (χ4n) is 1.86. The number of imidazole rings is 1. The molecule has 1 aromatic rings. The number of hydrogen-bond donors (Lipinski definition) is 0. The molecule has 0 aliphatic rings. The van der Waals surface area contributed by atoms with Crippen LogP contribution in [0.3, 0.4) is 0 Å². The second-order valence-corrected chi connectivity index (χ2v) is 4.68. The van der Waals surface area contributed by atoms with Crippen molar-refractivity contribution >= 4 is 5.97 Å². The Morgan fingerprint density at radius 3 is 2.85 bits per heavy atom. The smallest absolute Gasteiger partial charge is 0.243 e. The standard InChI is InChI=1S/C14H24N2O4/c1-19-11-12-20-10-9-16-8-7-15(13-16)6-4-2-3-5-14(17)18/h7-8,13H,2-6,9-12H2,1H3. The first kappa shape index (κ1) is 16.7. The van der Waals surface area contributed by atoms with E-state index >= 15 is 0 Å². The summed E-state index contributed by atoms with van der Waals surface area (Å²) in [5.41, 5.74) is 0. The van der Waals surface area contributed by atoms with Crippen molar-refractivity contribution in [2.45, 2.75) is 38.8 Å². The Bertz CT molecular complexity index is 379. The van der Waals surface area contributed by atoms with Gasteiger partial charge in [0, 0.05) is 13.1 Å². The predicted molar refractivity (Wildman–Crippen MR) is 70.8 cm³/mol. The molecule has 20 heavy (non-hydrogen) atoms. The van der Waals surface area contributed by atoms with Gasteiger partial charge in [-0.2, -0.15) is 0 Å². The van der Waals surface area contributed by atoms with Crippen LogP contribution in [0.15, 0.2) is 18.7 Å². The van der Waals surface area contributed by atoms with Gasteiger partial charge in [0.25, 0.3) is 0 Å². The highest BCUT2D eigenvalue weighted by molar-refractivity contribution is 5.63. The third kappa shape index (κ3) is 7.91. The lowest BCUT2D eigenvalue weighted by atomic mass is 10.2. The lowest BCUT2D eigenvalue weighted by molar-refractivity contribution is -0.696. The fraction of sp³-hybridized carbons (Fsp3) is 0.714. The van der Waals surface area contributed by atoms with E-state index in [9.17, 15) is 9.90 Å². The highest BCUT2D eigenvalue weighted by Gasteiger charge is 2.03. The minimum absolute atomic E-state index is 0.157. The molecule has 0 saturated carbocycles. The van der Waals surface area contributed by atoms with Gasteiger partial charge in [-0.1, -0.05) is 0 Å². The van der Waals surface area contributed by atoms with Crippen molar-refractivity contribution in [2.75, 3.05) is 26.9 Å². The summed E-state index contributed by atoms with van der Waals surface area (Å²) in [6.07, 6.45) is 8.81. The molecule has 6 nitrogen and oxygen atoms in total. The third-order valence-electron chi connectivity index (χ3n) is 2.97. The number of carboxylic acid groups (broad SMARTS) is 1. The van der Waals surface area contributed by atoms with E-state index in [4.69, 9.17) is 9.47 Å². The van der Waals surface area contributed by atoms with Gasteiger partial charge in [-0.3, -0.25) is 0 Å². The van der Waals surface area contributed by atoms with Gasteiger partial charge in [-0.05, 0) is 25.7 Å². The molecule has 0 bridgehead atoms. The van der Waals surface area contributed by atoms with E-state index < -0.39 is 5.97 Å². The first-order valence-corrected chi connectivity index (χ1v) is 7.03. The average molecular weight is 284 g/mol. The van der Waals surface area contributed by atoms with E-state index in [1.165, 1.54) is 0 Å². The van der Waals surface area contributed by atoms with E-state index in [1.54, 1.807) is 7.11 Å². The van der Waals surface area contributed by atoms with Gasteiger partial charge >= 0.3 is 0 Å². The Labute approximate surface area is 119 Å². The molecule has 0 amide bonds. The van der Waals surface area contributed by atoms with Crippen LogP contribution in [0.2, 0.25) is 0 Å². The number of aryl methyl sites for hydroxylation is 1. The average Bonchev–Trinajstić information content (AvgIpc) is 2.86. The quantitative estimate of drug-likeness (QED) is 0.392. The van der Waals surface area contributed by atoms with E-state index in [-0.39, 0.29) is 6.42 Å². The molecule has 1 aromatic heterocycles. The number of ether oxygens (including phenoxy) is 2. The first-order valence-electron chi connectivity index (χ1n) is 7.03. The van der Waals surface area contributed by atoms with Crippen LogP contribution in [0.25, 0.3) is 0 Å². The van der Waals surface area contributed by atoms with E-state index in [0.717, 1.165) is 25.9 Å². The maximum atomic E-state index is 10.3. The lowest BCUT2D eigenvalue weighted by Crippen LogP contribution is -2.31. The molecule has 0 radical (unpaired) electrons. The molecule has 6 heteroatoms. The van der Waals surface area contributed by atoms with Gasteiger partial charge in [0.15, 0.2) is 0 Å². The van der Waals surface area contributed by atoms with Gasteiger partial charge in [-0.25, -0.2) is 9.13 Å². The van der Waals surface area contributed by atoms with E-state index in [0.29, 0.717) is 26.2 Å². The summed E-state index contributed by atoms with van der Waals surface area (Å²) in [4.78, 5) is 10.3. The normalized spacial score (nSPS) is 10.8. The lowest BCUT2D eigenvalue weighted by Gasteiger charge is -2.01. The molecule has 0 spiro atoms. The molecule has 0 aromatic carbocycles. The maximum Gasteiger partial charge on any atom is 0.243 e. The number of aliphatic carboxylic acids is 1. The fourth-order valence-corrected chi connectivity index (χ4v) is 1.86.